The number of ether oxygens (including phenoxy) is 1. The molecule has 0 atom stereocenters. The second-order valence-electron chi connectivity index (χ2n) is 6.19. The van der Waals surface area contributed by atoms with Gasteiger partial charge in [0.2, 0.25) is 5.88 Å². The van der Waals surface area contributed by atoms with Crippen LogP contribution in [0.15, 0.2) is 42.9 Å². The molecule has 0 amide bonds. The zero-order valence-corrected chi connectivity index (χ0v) is 14.5. The molecule has 0 unspecified atom stereocenters. The van der Waals surface area contributed by atoms with Crippen molar-refractivity contribution in [3.8, 4) is 5.88 Å². The number of fused-ring (bicyclic) bond motifs is 1. The van der Waals surface area contributed by atoms with Crippen molar-refractivity contribution in [3.63, 3.8) is 0 Å². The molecule has 6 heteroatoms. The van der Waals surface area contributed by atoms with Crippen LogP contribution in [0.4, 0.5) is 11.5 Å². The quantitative estimate of drug-likeness (QED) is 0.733. The number of hydrogen-bond acceptors (Lipinski definition) is 6. The minimum atomic E-state index is 0.551. The fourth-order valence-electron chi connectivity index (χ4n) is 3.35. The molecule has 0 aliphatic carbocycles. The average Bonchev–Trinajstić information content (AvgIpc) is 2.68. The van der Waals surface area contributed by atoms with E-state index in [1.165, 1.54) is 16.6 Å². The standard InChI is InChI=1S/C19H21N5O/c1-14-4-3-5-15-16(6-7-21-19(14)15)23-8-10-24(11-9-23)17-12-20-13-18(22-17)25-2/h3-7,12-13H,8-11H2,1-2H3. The maximum absolute atomic E-state index is 5.18. The van der Waals surface area contributed by atoms with E-state index in [0.29, 0.717) is 5.88 Å². The van der Waals surface area contributed by atoms with Gasteiger partial charge in [0.25, 0.3) is 0 Å². The summed E-state index contributed by atoms with van der Waals surface area (Å²) in [6.45, 7) is 5.78. The highest BCUT2D eigenvalue weighted by molar-refractivity contribution is 5.93. The molecular formula is C19H21N5O. The van der Waals surface area contributed by atoms with E-state index in [-0.39, 0.29) is 0 Å². The second kappa shape index (κ2) is 6.55. The first-order valence-electron chi connectivity index (χ1n) is 8.46. The number of nitrogens with zero attached hydrogens (tertiary/aromatic N) is 5. The molecule has 1 saturated heterocycles. The average molecular weight is 335 g/mol. The van der Waals surface area contributed by atoms with Crippen LogP contribution in [-0.2, 0) is 0 Å². The van der Waals surface area contributed by atoms with Gasteiger partial charge in [0.05, 0.1) is 25.0 Å². The number of anilines is 2. The molecule has 128 valence electrons. The summed E-state index contributed by atoms with van der Waals surface area (Å²) in [6, 6.07) is 8.48. The van der Waals surface area contributed by atoms with Gasteiger partial charge in [-0.05, 0) is 18.6 Å². The van der Waals surface area contributed by atoms with Gasteiger partial charge < -0.3 is 14.5 Å². The van der Waals surface area contributed by atoms with Gasteiger partial charge in [0, 0.05) is 43.4 Å². The molecule has 3 heterocycles. The van der Waals surface area contributed by atoms with E-state index in [4.69, 9.17) is 4.74 Å². The predicted molar refractivity (Wildman–Crippen MR) is 99.5 cm³/mol. The summed E-state index contributed by atoms with van der Waals surface area (Å²) in [5, 5.41) is 1.22. The van der Waals surface area contributed by atoms with E-state index in [1.807, 2.05) is 6.20 Å². The molecule has 4 rings (SSSR count). The number of aryl methyl sites for hydroxylation is 1. The van der Waals surface area contributed by atoms with Crippen molar-refractivity contribution in [2.24, 2.45) is 0 Å². The molecule has 6 nitrogen and oxygen atoms in total. The van der Waals surface area contributed by atoms with Gasteiger partial charge in [0.1, 0.15) is 0 Å². The molecule has 1 aliphatic rings. The van der Waals surface area contributed by atoms with E-state index >= 15 is 0 Å². The van der Waals surface area contributed by atoms with E-state index in [1.54, 1.807) is 19.5 Å². The van der Waals surface area contributed by atoms with Crippen LogP contribution in [0.25, 0.3) is 10.9 Å². The number of benzene rings is 1. The van der Waals surface area contributed by atoms with Crippen molar-refractivity contribution in [3.05, 3.63) is 48.4 Å². The van der Waals surface area contributed by atoms with Crippen LogP contribution in [-0.4, -0.2) is 48.2 Å². The van der Waals surface area contributed by atoms with Crippen LogP contribution in [0, 0.1) is 6.92 Å². The minimum Gasteiger partial charge on any atom is -0.480 e. The number of para-hydroxylation sites is 1. The zero-order chi connectivity index (χ0) is 17.2. The highest BCUT2D eigenvalue weighted by Gasteiger charge is 2.20. The minimum absolute atomic E-state index is 0.551. The topological polar surface area (TPSA) is 54.4 Å². The third-order valence-corrected chi connectivity index (χ3v) is 4.70. The van der Waals surface area contributed by atoms with Crippen LogP contribution in [0.3, 0.4) is 0 Å². The summed E-state index contributed by atoms with van der Waals surface area (Å²) in [7, 11) is 1.61. The van der Waals surface area contributed by atoms with Crippen molar-refractivity contribution in [1.29, 1.82) is 0 Å². The highest BCUT2D eigenvalue weighted by atomic mass is 16.5. The number of hydrogen-bond donors (Lipinski definition) is 0. The molecule has 0 radical (unpaired) electrons. The van der Waals surface area contributed by atoms with E-state index in [0.717, 1.165) is 37.5 Å². The first kappa shape index (κ1) is 15.6. The number of methoxy groups -OCH3 is 1. The Balaban J connectivity index is 1.55. The fourth-order valence-corrected chi connectivity index (χ4v) is 3.35. The lowest BCUT2D eigenvalue weighted by Crippen LogP contribution is -2.47. The van der Waals surface area contributed by atoms with Gasteiger partial charge in [-0.2, -0.15) is 4.98 Å². The molecule has 3 aromatic rings. The first-order chi connectivity index (χ1) is 12.3. The Kier molecular flexibility index (Phi) is 4.09. The highest BCUT2D eigenvalue weighted by Crippen LogP contribution is 2.28. The van der Waals surface area contributed by atoms with Gasteiger partial charge in [-0.1, -0.05) is 18.2 Å². The molecule has 25 heavy (non-hydrogen) atoms. The third-order valence-electron chi connectivity index (χ3n) is 4.70. The summed E-state index contributed by atoms with van der Waals surface area (Å²) >= 11 is 0. The van der Waals surface area contributed by atoms with Crippen LogP contribution in [0.1, 0.15) is 5.56 Å². The molecule has 0 spiro atoms. The van der Waals surface area contributed by atoms with E-state index in [9.17, 15) is 0 Å². The molecule has 0 bridgehead atoms. The number of aromatic nitrogens is 3. The SMILES string of the molecule is COc1cncc(N2CCN(c3ccnc4c(C)cccc34)CC2)n1. The molecule has 1 aliphatic heterocycles. The molecule has 0 N–H and O–H groups in total. The summed E-state index contributed by atoms with van der Waals surface area (Å²) in [5.74, 6) is 1.42. The lowest BCUT2D eigenvalue weighted by molar-refractivity contribution is 0.395. The maximum Gasteiger partial charge on any atom is 0.233 e. The Morgan fingerprint density at radius 2 is 1.80 bits per heavy atom. The summed E-state index contributed by atoms with van der Waals surface area (Å²) < 4.78 is 5.18. The summed E-state index contributed by atoms with van der Waals surface area (Å²) in [4.78, 5) is 17.9. The van der Waals surface area contributed by atoms with Crippen molar-refractivity contribution in [1.82, 2.24) is 15.0 Å². The van der Waals surface area contributed by atoms with Crippen molar-refractivity contribution in [2.75, 3.05) is 43.1 Å². The largest absolute Gasteiger partial charge is 0.480 e. The van der Waals surface area contributed by atoms with E-state index in [2.05, 4.69) is 55.9 Å². The van der Waals surface area contributed by atoms with Crippen molar-refractivity contribution < 1.29 is 4.74 Å². The molecule has 0 saturated carbocycles. The van der Waals surface area contributed by atoms with Crippen LogP contribution in [0.5, 0.6) is 5.88 Å². The van der Waals surface area contributed by atoms with Gasteiger partial charge in [-0.3, -0.25) is 9.97 Å². The predicted octanol–water partition coefficient (Wildman–Crippen LogP) is 2.67. The van der Waals surface area contributed by atoms with Crippen molar-refractivity contribution in [2.45, 2.75) is 6.92 Å². The fraction of sp³-hybridized carbons (Fsp3) is 0.316. The molecular weight excluding hydrogens is 314 g/mol. The van der Waals surface area contributed by atoms with E-state index < -0.39 is 0 Å². The van der Waals surface area contributed by atoms with Crippen LogP contribution < -0.4 is 14.5 Å². The van der Waals surface area contributed by atoms with Gasteiger partial charge >= 0.3 is 0 Å². The normalized spacial score (nSPS) is 14.8. The number of pyridine rings is 1. The Hall–Kier alpha value is -2.89. The van der Waals surface area contributed by atoms with Gasteiger partial charge in [0.15, 0.2) is 5.82 Å². The lowest BCUT2D eigenvalue weighted by Gasteiger charge is -2.37. The maximum atomic E-state index is 5.18. The molecule has 1 fully saturated rings. The smallest absolute Gasteiger partial charge is 0.233 e. The monoisotopic (exact) mass is 335 g/mol. The summed E-state index contributed by atoms with van der Waals surface area (Å²) in [5.41, 5.74) is 3.55. The Morgan fingerprint density at radius 3 is 2.60 bits per heavy atom. The van der Waals surface area contributed by atoms with Gasteiger partial charge in [-0.15, -0.1) is 0 Å². The summed E-state index contributed by atoms with van der Waals surface area (Å²) in [6.07, 6.45) is 5.33. The molecule has 1 aromatic carbocycles. The number of piperazine rings is 1. The first-order valence-corrected chi connectivity index (χ1v) is 8.46. The van der Waals surface area contributed by atoms with Crippen LogP contribution in [0.2, 0.25) is 0 Å². The second-order valence-corrected chi connectivity index (χ2v) is 6.19. The van der Waals surface area contributed by atoms with Crippen molar-refractivity contribution >= 4 is 22.4 Å². The Bertz CT molecular complexity index is 890. The lowest BCUT2D eigenvalue weighted by atomic mass is 10.1. The Morgan fingerprint density at radius 1 is 1.00 bits per heavy atom. The number of rotatable bonds is 3. The Labute approximate surface area is 147 Å². The van der Waals surface area contributed by atoms with Gasteiger partial charge in [-0.25, -0.2) is 0 Å². The van der Waals surface area contributed by atoms with Crippen LogP contribution >= 0.6 is 0 Å². The zero-order valence-electron chi connectivity index (χ0n) is 14.5. The third kappa shape index (κ3) is 2.95. The molecule has 2 aromatic heterocycles.